The van der Waals surface area contributed by atoms with Gasteiger partial charge in [-0.25, -0.2) is 9.98 Å². The van der Waals surface area contributed by atoms with Gasteiger partial charge in [0.15, 0.2) is 11.7 Å². The lowest BCUT2D eigenvalue weighted by Crippen LogP contribution is -2.25. The van der Waals surface area contributed by atoms with Crippen LogP contribution in [0, 0.1) is 5.41 Å². The molecule has 6 nitrogen and oxygen atoms in total. The Morgan fingerprint density at radius 2 is 1.00 bits per heavy atom. The quantitative estimate of drug-likeness (QED) is 0.125. The molecule has 0 bridgehead atoms. The average molecular weight is 783 g/mol. The van der Waals surface area contributed by atoms with Crippen LogP contribution in [0.5, 0.6) is 0 Å². The molecular weight excluding hydrogens is 745 g/mol. The largest absolute Gasteiger partial charge is 0.309 e. The van der Waals surface area contributed by atoms with E-state index in [0.717, 1.165) is 77.7 Å². The normalized spacial score (nSPS) is 11.8. The van der Waals surface area contributed by atoms with Gasteiger partial charge in [-0.3, -0.25) is 15.5 Å². The number of aromatic nitrogens is 3. The van der Waals surface area contributed by atoms with Gasteiger partial charge in [-0.2, -0.15) is 0 Å². The van der Waals surface area contributed by atoms with Gasteiger partial charge < -0.3 is 4.57 Å². The Morgan fingerprint density at radius 3 is 1.69 bits per heavy atom. The maximum atomic E-state index is 9.52. The molecule has 8 aromatic carbocycles. The molecule has 0 unspecified atom stereocenters. The molecule has 0 aliphatic heterocycles. The number of hydrogen-bond acceptors (Lipinski definition) is 2. The average Bonchev–Trinajstić information content (AvgIpc) is 3.84. The smallest absolute Gasteiger partial charge is 0.154 e. The van der Waals surface area contributed by atoms with Crippen molar-refractivity contribution in [2.24, 2.45) is 4.99 Å². The number of amidine groups is 2. The Hall–Kier alpha value is -8.35. The summed E-state index contributed by atoms with van der Waals surface area (Å²) in [5.74, 6) is 0.699. The molecule has 0 spiro atoms. The first-order valence-corrected chi connectivity index (χ1v) is 20.4. The van der Waals surface area contributed by atoms with Gasteiger partial charge in [0.2, 0.25) is 0 Å². The summed E-state index contributed by atoms with van der Waals surface area (Å²) in [7, 11) is 0. The van der Waals surface area contributed by atoms with Crippen molar-refractivity contribution in [3.8, 4) is 39.3 Å². The number of hydrogen-bond donors (Lipinski definition) is 2. The minimum absolute atomic E-state index is 0.140. The van der Waals surface area contributed by atoms with Gasteiger partial charge >= 0.3 is 0 Å². The summed E-state index contributed by atoms with van der Waals surface area (Å²) in [6.45, 7) is 0. The van der Waals surface area contributed by atoms with E-state index in [2.05, 4.69) is 148 Å². The van der Waals surface area contributed by atoms with Gasteiger partial charge in [-0.15, -0.1) is 0 Å². The maximum Gasteiger partial charge on any atom is 0.154 e. The third kappa shape index (κ3) is 6.44. The monoisotopic (exact) mass is 782 g/mol. The highest BCUT2D eigenvalue weighted by Gasteiger charge is 2.21. The zero-order chi connectivity index (χ0) is 40.7. The van der Waals surface area contributed by atoms with Crippen molar-refractivity contribution in [2.75, 3.05) is 5.43 Å². The SMILES string of the molecule is N=C(/N=C(\Nn1c2ccccc2c2c1ccc1c3ccccc3n(-c3ccccc3)c12)c1ccccc1)c1cccc(-c2cc(-c3ccccc3)nc(-c3ccccc3)c2)c1. The van der Waals surface area contributed by atoms with E-state index < -0.39 is 0 Å². The molecule has 0 aliphatic carbocycles. The minimum Gasteiger partial charge on any atom is -0.309 e. The van der Waals surface area contributed by atoms with Crippen LogP contribution in [0.4, 0.5) is 0 Å². The molecule has 11 aromatic rings. The number of nitrogens with one attached hydrogen (secondary N) is 2. The van der Waals surface area contributed by atoms with E-state index in [0.29, 0.717) is 11.4 Å². The zero-order valence-electron chi connectivity index (χ0n) is 33.1. The molecule has 0 saturated carbocycles. The Labute approximate surface area is 352 Å². The summed E-state index contributed by atoms with van der Waals surface area (Å²) in [5, 5.41) is 14.2. The van der Waals surface area contributed by atoms with Crippen molar-refractivity contribution in [2.45, 2.75) is 0 Å². The second-order valence-electron chi connectivity index (χ2n) is 15.1. The van der Waals surface area contributed by atoms with Gasteiger partial charge in [0.1, 0.15) is 0 Å². The van der Waals surface area contributed by atoms with Crippen LogP contribution in [-0.2, 0) is 0 Å². The highest BCUT2D eigenvalue weighted by atomic mass is 15.4. The number of pyridine rings is 1. The van der Waals surface area contributed by atoms with Gasteiger partial charge in [-0.05, 0) is 59.7 Å². The lowest BCUT2D eigenvalue weighted by Gasteiger charge is -2.15. The molecule has 0 atom stereocenters. The second kappa shape index (κ2) is 15.1. The van der Waals surface area contributed by atoms with Crippen LogP contribution in [0.15, 0.2) is 223 Å². The molecular formula is C55H38N6. The summed E-state index contributed by atoms with van der Waals surface area (Å²) < 4.78 is 4.51. The highest BCUT2D eigenvalue weighted by molar-refractivity contribution is 6.26. The van der Waals surface area contributed by atoms with Crippen molar-refractivity contribution >= 4 is 55.3 Å². The first-order chi connectivity index (χ1) is 30.2. The van der Waals surface area contributed by atoms with E-state index in [4.69, 9.17) is 9.98 Å². The molecule has 0 aliphatic rings. The summed E-state index contributed by atoms with van der Waals surface area (Å²) >= 11 is 0. The van der Waals surface area contributed by atoms with Gasteiger partial charge in [0.25, 0.3) is 0 Å². The fraction of sp³-hybridized carbons (Fsp3) is 0. The van der Waals surface area contributed by atoms with E-state index >= 15 is 0 Å². The zero-order valence-corrected chi connectivity index (χ0v) is 33.1. The van der Waals surface area contributed by atoms with E-state index in [1.165, 1.54) is 10.8 Å². The van der Waals surface area contributed by atoms with E-state index in [1.54, 1.807) is 0 Å². The maximum absolute atomic E-state index is 9.52. The molecule has 61 heavy (non-hydrogen) atoms. The topological polar surface area (TPSA) is 71.0 Å². The lowest BCUT2D eigenvalue weighted by molar-refractivity contribution is 1.08. The molecule has 0 fully saturated rings. The predicted molar refractivity (Wildman–Crippen MR) is 253 cm³/mol. The summed E-state index contributed by atoms with van der Waals surface area (Å²) in [5.41, 5.74) is 16.6. The van der Waals surface area contributed by atoms with Gasteiger partial charge in [0, 0.05) is 49.5 Å². The Kier molecular flexibility index (Phi) is 8.86. The van der Waals surface area contributed by atoms with Crippen molar-refractivity contribution in [1.29, 1.82) is 5.41 Å². The highest BCUT2D eigenvalue weighted by Crippen LogP contribution is 2.40. The lowest BCUT2D eigenvalue weighted by atomic mass is 9.98. The molecule has 0 radical (unpaired) electrons. The van der Waals surface area contributed by atoms with Gasteiger partial charge in [0.05, 0.1) is 33.5 Å². The molecule has 0 amide bonds. The molecule has 11 rings (SSSR count). The third-order valence-corrected chi connectivity index (χ3v) is 11.4. The summed E-state index contributed by atoms with van der Waals surface area (Å²) in [4.78, 5) is 10.2. The molecule has 3 heterocycles. The number of fused-ring (bicyclic) bond motifs is 7. The van der Waals surface area contributed by atoms with Crippen LogP contribution < -0.4 is 5.43 Å². The predicted octanol–water partition coefficient (Wildman–Crippen LogP) is 13.3. The van der Waals surface area contributed by atoms with E-state index in [9.17, 15) is 5.41 Å². The number of nitrogens with zero attached hydrogens (tertiary/aromatic N) is 4. The number of rotatable bonds is 7. The van der Waals surface area contributed by atoms with Crippen LogP contribution in [0.1, 0.15) is 11.1 Å². The third-order valence-electron chi connectivity index (χ3n) is 11.4. The number of para-hydroxylation sites is 3. The van der Waals surface area contributed by atoms with Crippen LogP contribution in [0.2, 0.25) is 0 Å². The Bertz CT molecular complexity index is 3380. The van der Waals surface area contributed by atoms with Crippen molar-refractivity contribution in [3.05, 3.63) is 230 Å². The second-order valence-corrected chi connectivity index (χ2v) is 15.1. The molecule has 3 aromatic heterocycles. The minimum atomic E-state index is 0.140. The van der Waals surface area contributed by atoms with Crippen LogP contribution in [0.3, 0.4) is 0 Å². The standard InChI is InChI=1S/C55H38N6/c56-54(41-25-17-24-40(34-41)42-35-47(37-18-5-1-6-19-37)57-48(36-42)38-20-7-2-8-21-38)58-55(39-22-9-3-10-23-39)59-61-50-31-16-14-29-46(50)52-51(61)33-32-45-44-28-13-15-30-49(44)60(53(45)52)43-26-11-4-12-27-43/h1-36H,(H2,56,58,59). The summed E-state index contributed by atoms with van der Waals surface area (Å²) in [6, 6.07) is 75.1. The number of benzene rings is 8. The van der Waals surface area contributed by atoms with Crippen molar-refractivity contribution in [1.82, 2.24) is 14.2 Å². The van der Waals surface area contributed by atoms with E-state index in [-0.39, 0.29) is 5.84 Å². The van der Waals surface area contributed by atoms with Crippen molar-refractivity contribution < 1.29 is 0 Å². The van der Waals surface area contributed by atoms with Crippen LogP contribution >= 0.6 is 0 Å². The van der Waals surface area contributed by atoms with Crippen LogP contribution in [0.25, 0.3) is 82.9 Å². The molecule has 0 saturated heterocycles. The summed E-state index contributed by atoms with van der Waals surface area (Å²) in [6.07, 6.45) is 0. The molecule has 6 heteroatoms. The molecule has 288 valence electrons. The van der Waals surface area contributed by atoms with Crippen LogP contribution in [-0.4, -0.2) is 25.9 Å². The fourth-order valence-electron chi connectivity index (χ4n) is 8.56. The Balaban J connectivity index is 1.05. The van der Waals surface area contributed by atoms with E-state index in [1.807, 2.05) is 84.9 Å². The molecule has 2 N–H and O–H groups in total. The first kappa shape index (κ1) is 35.8. The first-order valence-electron chi connectivity index (χ1n) is 20.4. The Morgan fingerprint density at radius 1 is 0.443 bits per heavy atom. The fourth-order valence-corrected chi connectivity index (χ4v) is 8.56. The van der Waals surface area contributed by atoms with Crippen molar-refractivity contribution in [3.63, 3.8) is 0 Å². The van der Waals surface area contributed by atoms with Gasteiger partial charge in [-0.1, -0.05) is 170 Å². The number of aliphatic imine (C=N–C) groups is 1.